The topological polar surface area (TPSA) is 67.7 Å². The van der Waals surface area contributed by atoms with Crippen LogP contribution < -0.4 is 20.2 Å². The molecule has 0 saturated heterocycles. The highest BCUT2D eigenvalue weighted by Gasteiger charge is 2.31. The van der Waals surface area contributed by atoms with E-state index >= 15 is 0 Å². The average molecular weight is 499 g/mol. The van der Waals surface area contributed by atoms with E-state index in [-0.39, 0.29) is 11.8 Å². The van der Waals surface area contributed by atoms with Crippen molar-refractivity contribution in [1.29, 1.82) is 0 Å². The molecule has 1 aromatic heterocycles. The minimum atomic E-state index is -4.74. The summed E-state index contributed by atoms with van der Waals surface area (Å²) in [5, 5.41) is 7.79. The van der Waals surface area contributed by atoms with Gasteiger partial charge >= 0.3 is 12.4 Å². The Kier molecular flexibility index (Phi) is 8.40. The van der Waals surface area contributed by atoms with Crippen LogP contribution in [0.25, 0.3) is 11.3 Å². The summed E-state index contributed by atoms with van der Waals surface area (Å²) in [5.74, 6) is -0.282. The molecule has 0 saturated carbocycles. The van der Waals surface area contributed by atoms with Crippen molar-refractivity contribution in [3.05, 3.63) is 69.3 Å². The van der Waals surface area contributed by atoms with Crippen LogP contribution in [0.3, 0.4) is 0 Å². The fraction of sp³-hybridized carbons (Fsp3) is 0.273. The maximum Gasteiger partial charge on any atom is 0.573 e. The molecule has 2 aromatic carbocycles. The lowest BCUT2D eigenvalue weighted by Gasteiger charge is -2.12. The van der Waals surface area contributed by atoms with E-state index in [0.717, 1.165) is 21.6 Å². The number of amides is 2. The van der Waals surface area contributed by atoms with Crippen LogP contribution in [0.1, 0.15) is 12.0 Å². The zero-order valence-electron chi connectivity index (χ0n) is 17.7. The van der Waals surface area contributed by atoms with E-state index in [4.69, 9.17) is 16.6 Å². The fourth-order valence-electron chi connectivity index (χ4n) is 3.00. The molecule has 176 valence electrons. The molecule has 3 aromatic rings. The first kappa shape index (κ1) is 24.7. The number of rotatable bonds is 8. The molecule has 1 heterocycles. The molecule has 0 spiro atoms. The Bertz CT molecular complexity index is 1130. The zero-order chi connectivity index (χ0) is 23.8. The molecule has 0 fully saturated rings. The number of ether oxygens (including phenoxy) is 1. The van der Waals surface area contributed by atoms with Gasteiger partial charge in [-0.15, -0.1) is 24.5 Å². The van der Waals surface area contributed by atoms with Gasteiger partial charge in [0.05, 0.1) is 12.2 Å². The summed E-state index contributed by atoms with van der Waals surface area (Å²) in [6.07, 6.45) is -4.10. The molecule has 33 heavy (non-hydrogen) atoms. The van der Waals surface area contributed by atoms with E-state index < -0.39 is 6.36 Å². The van der Waals surface area contributed by atoms with Crippen LogP contribution in [0.4, 0.5) is 18.0 Å². The van der Waals surface area contributed by atoms with Crippen LogP contribution in [0.2, 0.25) is 5.02 Å². The molecule has 0 atom stereocenters. The molecule has 2 N–H and O–H groups in total. The predicted molar refractivity (Wildman–Crippen MR) is 122 cm³/mol. The number of hydrogen-bond acceptors (Lipinski definition) is 4. The van der Waals surface area contributed by atoms with Crippen LogP contribution in [-0.2, 0) is 13.1 Å². The van der Waals surface area contributed by atoms with Gasteiger partial charge in [0.15, 0.2) is 4.80 Å². The molecule has 11 heteroatoms. The SMILES string of the molecule is CNC(=O)NCCCn1c(-c2ccc(OC(F)(F)F)cc2)csc1=NCc1ccc(Cl)cc1. The number of thiazole rings is 1. The van der Waals surface area contributed by atoms with Crippen molar-refractivity contribution in [3.63, 3.8) is 0 Å². The molecule has 0 unspecified atom stereocenters. The van der Waals surface area contributed by atoms with Crippen molar-refractivity contribution in [3.8, 4) is 17.0 Å². The maximum atomic E-state index is 12.5. The first-order chi connectivity index (χ1) is 15.7. The van der Waals surface area contributed by atoms with Crippen molar-refractivity contribution >= 4 is 29.0 Å². The number of urea groups is 1. The van der Waals surface area contributed by atoms with Gasteiger partial charge in [-0.2, -0.15) is 0 Å². The Morgan fingerprint density at radius 3 is 2.48 bits per heavy atom. The first-order valence-corrected chi connectivity index (χ1v) is 11.3. The smallest absolute Gasteiger partial charge is 0.406 e. The number of halogens is 4. The Balaban J connectivity index is 1.84. The second-order valence-corrected chi connectivity index (χ2v) is 8.20. The Labute approximate surface area is 197 Å². The third-order valence-corrected chi connectivity index (χ3v) is 5.72. The van der Waals surface area contributed by atoms with Crippen molar-refractivity contribution in [2.75, 3.05) is 13.6 Å². The molecule has 0 aliphatic carbocycles. The summed E-state index contributed by atoms with van der Waals surface area (Å²) in [5.41, 5.74) is 2.54. The molecule has 0 aliphatic heterocycles. The largest absolute Gasteiger partial charge is 0.573 e. The summed E-state index contributed by atoms with van der Waals surface area (Å²) >= 11 is 7.37. The van der Waals surface area contributed by atoms with E-state index in [9.17, 15) is 18.0 Å². The monoisotopic (exact) mass is 498 g/mol. The average Bonchev–Trinajstić information content (AvgIpc) is 3.18. The zero-order valence-corrected chi connectivity index (χ0v) is 19.2. The highest BCUT2D eigenvalue weighted by atomic mass is 35.5. The summed E-state index contributed by atoms with van der Waals surface area (Å²) < 4.78 is 43.3. The summed E-state index contributed by atoms with van der Waals surface area (Å²) in [6.45, 7) is 1.46. The number of hydrogen-bond donors (Lipinski definition) is 2. The first-order valence-electron chi connectivity index (χ1n) is 10.00. The van der Waals surface area contributed by atoms with Gasteiger partial charge in [-0.3, -0.25) is 4.99 Å². The van der Waals surface area contributed by atoms with Crippen molar-refractivity contribution < 1.29 is 22.7 Å². The normalized spacial score (nSPS) is 12.0. The molecule has 0 bridgehead atoms. The van der Waals surface area contributed by atoms with E-state index in [0.29, 0.717) is 31.1 Å². The number of benzene rings is 2. The van der Waals surface area contributed by atoms with Crippen LogP contribution in [-0.4, -0.2) is 30.6 Å². The third-order valence-electron chi connectivity index (χ3n) is 4.56. The van der Waals surface area contributed by atoms with Gasteiger partial charge in [0.25, 0.3) is 0 Å². The van der Waals surface area contributed by atoms with E-state index in [2.05, 4.69) is 15.4 Å². The number of alkyl halides is 3. The number of carbonyl (C=O) groups is 1. The van der Waals surface area contributed by atoms with Gasteiger partial charge in [-0.1, -0.05) is 23.7 Å². The van der Waals surface area contributed by atoms with Gasteiger partial charge in [0, 0.05) is 30.5 Å². The van der Waals surface area contributed by atoms with E-state index in [1.54, 1.807) is 31.3 Å². The quantitative estimate of drug-likeness (QED) is 0.420. The van der Waals surface area contributed by atoms with Crippen LogP contribution >= 0.6 is 22.9 Å². The maximum absolute atomic E-state index is 12.5. The summed E-state index contributed by atoms with van der Waals surface area (Å²) in [6, 6.07) is 12.8. The highest BCUT2D eigenvalue weighted by molar-refractivity contribution is 7.07. The molecule has 2 amide bonds. The second-order valence-electron chi connectivity index (χ2n) is 6.93. The Morgan fingerprint density at radius 2 is 1.85 bits per heavy atom. The standard InChI is InChI=1S/C22H22ClF3N4O2S/c1-27-20(31)28-11-2-12-30-19(16-5-9-18(10-6-16)32-22(24,25)26)14-33-21(30)29-13-15-3-7-17(23)8-4-15/h3-10,14H,2,11-13H2,1H3,(H2,27,28,31). The highest BCUT2D eigenvalue weighted by Crippen LogP contribution is 2.27. The number of nitrogens with one attached hydrogen (secondary N) is 2. The molecule has 6 nitrogen and oxygen atoms in total. The molecule has 0 radical (unpaired) electrons. The van der Waals surface area contributed by atoms with Crippen molar-refractivity contribution in [2.45, 2.75) is 25.9 Å². The van der Waals surface area contributed by atoms with E-state index in [1.807, 2.05) is 22.1 Å². The number of carbonyl (C=O) groups excluding carboxylic acids is 1. The van der Waals surface area contributed by atoms with Crippen LogP contribution in [0.15, 0.2) is 58.9 Å². The van der Waals surface area contributed by atoms with Gasteiger partial charge in [0.2, 0.25) is 0 Å². The van der Waals surface area contributed by atoms with Gasteiger partial charge in [-0.05, 0) is 53.9 Å². The summed E-state index contributed by atoms with van der Waals surface area (Å²) in [4.78, 5) is 16.9. The Hall–Kier alpha value is -2.98. The number of aromatic nitrogens is 1. The van der Waals surface area contributed by atoms with Crippen molar-refractivity contribution in [2.24, 2.45) is 4.99 Å². The minimum Gasteiger partial charge on any atom is -0.406 e. The Morgan fingerprint density at radius 1 is 1.15 bits per heavy atom. The van der Waals surface area contributed by atoms with Crippen LogP contribution in [0, 0.1) is 0 Å². The molecular weight excluding hydrogens is 477 g/mol. The molecular formula is C22H22ClF3N4O2S. The van der Waals surface area contributed by atoms with Gasteiger partial charge in [-0.25, -0.2) is 4.79 Å². The lowest BCUT2D eigenvalue weighted by molar-refractivity contribution is -0.274. The second kappa shape index (κ2) is 11.2. The van der Waals surface area contributed by atoms with Crippen LogP contribution in [0.5, 0.6) is 5.75 Å². The van der Waals surface area contributed by atoms with Gasteiger partial charge < -0.3 is 19.9 Å². The number of nitrogens with zero attached hydrogens (tertiary/aromatic N) is 2. The predicted octanol–water partition coefficient (Wildman–Crippen LogP) is 5.19. The molecule has 0 aliphatic rings. The summed E-state index contributed by atoms with van der Waals surface area (Å²) in [7, 11) is 1.54. The minimum absolute atomic E-state index is 0.265. The van der Waals surface area contributed by atoms with Gasteiger partial charge in [0.1, 0.15) is 5.75 Å². The third kappa shape index (κ3) is 7.54. The lowest BCUT2D eigenvalue weighted by Crippen LogP contribution is -2.34. The van der Waals surface area contributed by atoms with E-state index in [1.165, 1.54) is 23.5 Å². The molecule has 3 rings (SSSR count). The van der Waals surface area contributed by atoms with Crippen molar-refractivity contribution in [1.82, 2.24) is 15.2 Å². The fourth-order valence-corrected chi connectivity index (χ4v) is 4.07. The lowest BCUT2D eigenvalue weighted by atomic mass is 10.1.